The summed E-state index contributed by atoms with van der Waals surface area (Å²) in [5, 5.41) is 0. The van der Waals surface area contributed by atoms with Crippen molar-refractivity contribution in [3.8, 4) is 0 Å². The van der Waals surface area contributed by atoms with Crippen molar-refractivity contribution in [1.29, 1.82) is 0 Å². The zero-order valence-electron chi connectivity index (χ0n) is 4.80. The maximum absolute atomic E-state index is 5.05. The van der Waals surface area contributed by atoms with E-state index < -0.39 is 0 Å². The second-order valence-corrected chi connectivity index (χ2v) is 2.42. The molecule has 0 amide bonds. The highest BCUT2D eigenvalue weighted by atomic mass is 32.2. The standard InChI is InChI=1S/C5H10NOS/c1-2-6-3-4-7-8-5-6/h1-5H2. The molecule has 0 aliphatic carbocycles. The van der Waals surface area contributed by atoms with Crippen LogP contribution in [0.3, 0.4) is 0 Å². The molecule has 0 unspecified atom stereocenters. The van der Waals surface area contributed by atoms with Gasteiger partial charge in [-0.3, -0.25) is 4.90 Å². The Morgan fingerprint density at radius 1 is 1.75 bits per heavy atom. The summed E-state index contributed by atoms with van der Waals surface area (Å²) in [5.41, 5.74) is 0. The second kappa shape index (κ2) is 3.33. The molecule has 0 spiro atoms. The van der Waals surface area contributed by atoms with Crippen molar-refractivity contribution in [3.63, 3.8) is 0 Å². The second-order valence-electron chi connectivity index (χ2n) is 1.69. The van der Waals surface area contributed by atoms with Gasteiger partial charge in [-0.05, 0) is 13.5 Å². The molecule has 0 aromatic rings. The molecule has 0 saturated carbocycles. The molecule has 0 bridgehead atoms. The molecule has 1 aliphatic rings. The summed E-state index contributed by atoms with van der Waals surface area (Å²) in [7, 11) is 0. The SMILES string of the molecule is [CH2]CN1CCOSC1. The monoisotopic (exact) mass is 132 g/mol. The summed E-state index contributed by atoms with van der Waals surface area (Å²) in [6.07, 6.45) is 0. The van der Waals surface area contributed by atoms with Crippen LogP contribution in [0.4, 0.5) is 0 Å². The normalized spacial score (nSPS) is 23.6. The Kier molecular flexibility index (Phi) is 2.66. The minimum Gasteiger partial charge on any atom is -0.313 e. The van der Waals surface area contributed by atoms with Crippen molar-refractivity contribution in [2.75, 3.05) is 25.6 Å². The van der Waals surface area contributed by atoms with Gasteiger partial charge in [-0.1, -0.05) is 0 Å². The van der Waals surface area contributed by atoms with Crippen molar-refractivity contribution < 1.29 is 4.18 Å². The van der Waals surface area contributed by atoms with E-state index in [2.05, 4.69) is 11.8 Å². The van der Waals surface area contributed by atoms with Gasteiger partial charge in [0.25, 0.3) is 0 Å². The lowest BCUT2D eigenvalue weighted by Gasteiger charge is -2.23. The highest BCUT2D eigenvalue weighted by molar-refractivity contribution is 7.94. The van der Waals surface area contributed by atoms with E-state index in [1.54, 1.807) is 0 Å². The minimum atomic E-state index is 0.847. The van der Waals surface area contributed by atoms with Gasteiger partial charge in [0.1, 0.15) is 0 Å². The Balaban J connectivity index is 2.13. The molecule has 8 heavy (non-hydrogen) atoms. The van der Waals surface area contributed by atoms with E-state index in [0.717, 1.165) is 25.6 Å². The third kappa shape index (κ3) is 1.65. The van der Waals surface area contributed by atoms with Gasteiger partial charge in [-0.15, -0.1) is 0 Å². The largest absolute Gasteiger partial charge is 0.313 e. The van der Waals surface area contributed by atoms with Crippen LogP contribution < -0.4 is 0 Å². The molecule has 0 aromatic heterocycles. The number of hydrogen-bond acceptors (Lipinski definition) is 3. The van der Waals surface area contributed by atoms with Gasteiger partial charge in [-0.2, -0.15) is 0 Å². The topological polar surface area (TPSA) is 12.5 Å². The molecule has 1 heterocycles. The molecule has 0 atom stereocenters. The average Bonchev–Trinajstić information content (AvgIpc) is 1.90. The molecule has 3 heteroatoms. The summed E-state index contributed by atoms with van der Waals surface area (Å²) in [4.78, 5) is 2.24. The Hall–Kier alpha value is 0.270. The lowest BCUT2D eigenvalue weighted by molar-refractivity contribution is 0.236. The smallest absolute Gasteiger partial charge is 0.0742 e. The van der Waals surface area contributed by atoms with Crippen LogP contribution in [-0.4, -0.2) is 30.5 Å². The summed E-state index contributed by atoms with van der Waals surface area (Å²) in [6, 6.07) is 0. The van der Waals surface area contributed by atoms with E-state index in [-0.39, 0.29) is 0 Å². The van der Waals surface area contributed by atoms with E-state index in [1.807, 2.05) is 0 Å². The predicted octanol–water partition coefficient (Wildman–Crippen LogP) is 0.758. The molecule has 1 rings (SSSR count). The Bertz CT molecular complexity index is 63.4. The van der Waals surface area contributed by atoms with Crippen molar-refractivity contribution in [1.82, 2.24) is 4.90 Å². The van der Waals surface area contributed by atoms with Crippen LogP contribution >= 0.6 is 12.0 Å². The highest BCUT2D eigenvalue weighted by Crippen LogP contribution is 2.10. The fourth-order valence-electron chi connectivity index (χ4n) is 0.578. The molecular formula is C5H10NOS. The van der Waals surface area contributed by atoms with Crippen LogP contribution in [0, 0.1) is 6.92 Å². The van der Waals surface area contributed by atoms with Gasteiger partial charge in [0.05, 0.1) is 12.5 Å². The van der Waals surface area contributed by atoms with E-state index in [4.69, 9.17) is 4.18 Å². The van der Waals surface area contributed by atoms with Gasteiger partial charge in [-0.25, -0.2) is 0 Å². The average molecular weight is 132 g/mol. The lowest BCUT2D eigenvalue weighted by atomic mass is 10.5. The maximum atomic E-state index is 5.05. The van der Waals surface area contributed by atoms with Gasteiger partial charge in [0, 0.05) is 18.6 Å². The van der Waals surface area contributed by atoms with E-state index >= 15 is 0 Å². The summed E-state index contributed by atoms with van der Waals surface area (Å²) in [5.74, 6) is 0.976. The van der Waals surface area contributed by atoms with Crippen molar-refractivity contribution in [2.24, 2.45) is 0 Å². The van der Waals surface area contributed by atoms with E-state index in [9.17, 15) is 0 Å². The third-order valence-electron chi connectivity index (χ3n) is 1.13. The zero-order chi connectivity index (χ0) is 5.82. The molecule has 1 radical (unpaired) electrons. The molecule has 0 aromatic carbocycles. The van der Waals surface area contributed by atoms with E-state index in [0.29, 0.717) is 0 Å². The number of nitrogens with zero attached hydrogens (tertiary/aromatic N) is 1. The van der Waals surface area contributed by atoms with E-state index in [1.165, 1.54) is 12.0 Å². The van der Waals surface area contributed by atoms with Crippen LogP contribution in [0.1, 0.15) is 0 Å². The maximum Gasteiger partial charge on any atom is 0.0742 e. The molecular weight excluding hydrogens is 122 g/mol. The lowest BCUT2D eigenvalue weighted by Crippen LogP contribution is -2.30. The predicted molar refractivity (Wildman–Crippen MR) is 35.3 cm³/mol. The van der Waals surface area contributed by atoms with Gasteiger partial charge in [0.2, 0.25) is 0 Å². The van der Waals surface area contributed by atoms with Crippen LogP contribution in [-0.2, 0) is 4.18 Å². The zero-order valence-corrected chi connectivity index (χ0v) is 5.62. The Morgan fingerprint density at radius 2 is 2.62 bits per heavy atom. The first-order valence-electron chi connectivity index (χ1n) is 2.69. The third-order valence-corrected chi connectivity index (χ3v) is 1.93. The van der Waals surface area contributed by atoms with Crippen LogP contribution in [0.25, 0.3) is 0 Å². The molecule has 47 valence electrons. The van der Waals surface area contributed by atoms with Crippen molar-refractivity contribution >= 4 is 12.0 Å². The van der Waals surface area contributed by atoms with Crippen molar-refractivity contribution in [3.05, 3.63) is 6.92 Å². The molecule has 1 saturated heterocycles. The molecule has 2 nitrogen and oxygen atoms in total. The van der Waals surface area contributed by atoms with Crippen LogP contribution in [0.5, 0.6) is 0 Å². The molecule has 0 N–H and O–H groups in total. The van der Waals surface area contributed by atoms with Crippen LogP contribution in [0.15, 0.2) is 0 Å². The number of rotatable bonds is 1. The molecule has 1 aliphatic heterocycles. The fourth-order valence-corrected chi connectivity index (χ4v) is 1.25. The quantitative estimate of drug-likeness (QED) is 0.489. The highest BCUT2D eigenvalue weighted by Gasteiger charge is 2.06. The van der Waals surface area contributed by atoms with Crippen LogP contribution in [0.2, 0.25) is 0 Å². The van der Waals surface area contributed by atoms with Crippen molar-refractivity contribution in [2.45, 2.75) is 0 Å². The fraction of sp³-hybridized carbons (Fsp3) is 0.800. The van der Waals surface area contributed by atoms with Gasteiger partial charge >= 0.3 is 0 Å². The first kappa shape index (κ1) is 6.39. The Labute approximate surface area is 54.4 Å². The molecule has 1 fully saturated rings. The van der Waals surface area contributed by atoms with Gasteiger partial charge < -0.3 is 4.18 Å². The summed E-state index contributed by atoms with van der Waals surface area (Å²) >= 11 is 1.51. The summed E-state index contributed by atoms with van der Waals surface area (Å²) < 4.78 is 5.05. The Morgan fingerprint density at radius 3 is 3.00 bits per heavy atom. The minimum absolute atomic E-state index is 0.847. The number of hydrogen-bond donors (Lipinski definition) is 0. The van der Waals surface area contributed by atoms with Gasteiger partial charge in [0.15, 0.2) is 0 Å². The summed E-state index contributed by atoms with van der Waals surface area (Å²) in [6.45, 7) is 6.55. The first-order chi connectivity index (χ1) is 3.93. The first-order valence-corrected chi connectivity index (χ1v) is 3.60.